The standard InChI is InChI=1S/C16H22N4O3S.C2HF3O2/c1-2-15-19-16(23-20-15)13-5-3-12(4-6-13)7-10-18-24(21,22)14-8-9-17-11-14;3-2(4,5)1(6)7/h3-6,14,17-18H,2,7-11H2,1H3;(H,6,7). The second-order valence-electron chi connectivity index (χ2n) is 6.67. The van der Waals surface area contributed by atoms with Crippen LogP contribution in [-0.4, -0.2) is 60.7 Å². The van der Waals surface area contributed by atoms with Gasteiger partial charge >= 0.3 is 12.1 Å². The van der Waals surface area contributed by atoms with Crippen molar-refractivity contribution >= 4 is 16.0 Å². The Hall–Kier alpha value is -2.51. The van der Waals surface area contributed by atoms with E-state index in [1.165, 1.54) is 0 Å². The highest BCUT2D eigenvalue weighted by Gasteiger charge is 2.38. The second kappa shape index (κ2) is 10.7. The molecule has 2 aromatic rings. The maximum atomic E-state index is 12.1. The molecule has 1 aliphatic rings. The van der Waals surface area contributed by atoms with Gasteiger partial charge < -0.3 is 14.9 Å². The van der Waals surface area contributed by atoms with E-state index in [1.807, 2.05) is 31.2 Å². The van der Waals surface area contributed by atoms with Gasteiger partial charge in [0.1, 0.15) is 0 Å². The van der Waals surface area contributed by atoms with Crippen molar-refractivity contribution in [2.75, 3.05) is 19.6 Å². The Labute approximate surface area is 177 Å². The smallest absolute Gasteiger partial charge is 0.475 e. The van der Waals surface area contributed by atoms with E-state index in [0.29, 0.717) is 37.6 Å². The number of hydrogen-bond donors (Lipinski definition) is 3. The number of aromatic nitrogens is 2. The monoisotopic (exact) mass is 464 g/mol. The number of alkyl halides is 3. The lowest BCUT2D eigenvalue weighted by molar-refractivity contribution is -0.192. The van der Waals surface area contributed by atoms with Crippen LogP contribution in [0.3, 0.4) is 0 Å². The number of carboxylic acids is 1. The summed E-state index contributed by atoms with van der Waals surface area (Å²) in [6.07, 6.45) is -3.03. The lowest BCUT2D eigenvalue weighted by atomic mass is 10.1. The quantitative estimate of drug-likeness (QED) is 0.564. The zero-order valence-corrected chi connectivity index (χ0v) is 17.5. The van der Waals surface area contributed by atoms with Gasteiger partial charge in [-0.05, 0) is 37.1 Å². The Morgan fingerprint density at radius 2 is 1.97 bits per heavy atom. The number of carboxylic acid groups (broad SMARTS) is 1. The van der Waals surface area contributed by atoms with Crippen LogP contribution in [0.5, 0.6) is 0 Å². The highest BCUT2D eigenvalue weighted by atomic mass is 32.2. The van der Waals surface area contributed by atoms with Crippen LogP contribution < -0.4 is 10.0 Å². The lowest BCUT2D eigenvalue weighted by Gasteiger charge is -2.11. The summed E-state index contributed by atoms with van der Waals surface area (Å²) in [4.78, 5) is 13.2. The summed E-state index contributed by atoms with van der Waals surface area (Å²) in [6, 6.07) is 7.74. The van der Waals surface area contributed by atoms with Crippen molar-refractivity contribution in [2.45, 2.75) is 37.6 Å². The van der Waals surface area contributed by atoms with Crippen molar-refractivity contribution in [1.82, 2.24) is 20.2 Å². The molecule has 1 atom stereocenters. The molecule has 1 saturated heterocycles. The molecule has 0 amide bonds. The highest BCUT2D eigenvalue weighted by Crippen LogP contribution is 2.18. The Morgan fingerprint density at radius 1 is 1.32 bits per heavy atom. The fraction of sp³-hybridized carbons (Fsp3) is 0.500. The third-order valence-electron chi connectivity index (χ3n) is 4.40. The molecule has 0 spiro atoms. The first-order valence-corrected chi connectivity index (χ1v) is 11.0. The minimum atomic E-state index is -5.08. The topological polar surface area (TPSA) is 134 Å². The molecule has 0 bridgehead atoms. The van der Waals surface area contributed by atoms with Gasteiger partial charge in [0.2, 0.25) is 10.0 Å². The van der Waals surface area contributed by atoms with E-state index in [1.54, 1.807) is 0 Å². The number of hydrogen-bond acceptors (Lipinski definition) is 7. The summed E-state index contributed by atoms with van der Waals surface area (Å²) < 4.78 is 63.9. The number of halogens is 3. The molecule has 3 rings (SSSR count). The van der Waals surface area contributed by atoms with Crippen LogP contribution in [0.15, 0.2) is 28.8 Å². The van der Waals surface area contributed by atoms with Crippen LogP contribution in [0.4, 0.5) is 13.2 Å². The molecule has 9 nitrogen and oxygen atoms in total. The van der Waals surface area contributed by atoms with Gasteiger partial charge in [0, 0.05) is 25.1 Å². The first-order chi connectivity index (χ1) is 14.5. The van der Waals surface area contributed by atoms with E-state index in [0.717, 1.165) is 24.1 Å². The number of benzene rings is 1. The summed E-state index contributed by atoms with van der Waals surface area (Å²) in [5.74, 6) is -1.56. The summed E-state index contributed by atoms with van der Waals surface area (Å²) >= 11 is 0. The fourth-order valence-corrected chi connectivity index (χ4v) is 4.07. The van der Waals surface area contributed by atoms with Crippen molar-refractivity contribution < 1.29 is 36.0 Å². The van der Waals surface area contributed by atoms with Gasteiger partial charge in [-0.15, -0.1) is 0 Å². The van der Waals surface area contributed by atoms with Gasteiger partial charge in [-0.3, -0.25) is 0 Å². The molecule has 1 unspecified atom stereocenters. The summed E-state index contributed by atoms with van der Waals surface area (Å²) in [5.41, 5.74) is 1.92. The van der Waals surface area contributed by atoms with Crippen molar-refractivity contribution in [3.05, 3.63) is 35.7 Å². The van der Waals surface area contributed by atoms with Gasteiger partial charge in [-0.2, -0.15) is 18.2 Å². The van der Waals surface area contributed by atoms with Crippen LogP contribution in [0.25, 0.3) is 11.5 Å². The van der Waals surface area contributed by atoms with Gasteiger partial charge in [0.25, 0.3) is 5.89 Å². The Morgan fingerprint density at radius 3 is 2.45 bits per heavy atom. The zero-order valence-electron chi connectivity index (χ0n) is 16.6. The molecule has 13 heteroatoms. The van der Waals surface area contributed by atoms with E-state index in [9.17, 15) is 21.6 Å². The van der Waals surface area contributed by atoms with Crippen LogP contribution >= 0.6 is 0 Å². The van der Waals surface area contributed by atoms with E-state index in [2.05, 4.69) is 20.2 Å². The molecular weight excluding hydrogens is 441 g/mol. The maximum absolute atomic E-state index is 12.1. The molecule has 1 aromatic heterocycles. The molecule has 3 N–H and O–H groups in total. The van der Waals surface area contributed by atoms with Crippen molar-refractivity contribution in [3.63, 3.8) is 0 Å². The van der Waals surface area contributed by atoms with Crippen LogP contribution in [-0.2, 0) is 27.7 Å². The van der Waals surface area contributed by atoms with E-state index in [4.69, 9.17) is 14.4 Å². The van der Waals surface area contributed by atoms with Crippen molar-refractivity contribution in [1.29, 1.82) is 0 Å². The Kier molecular flexibility index (Phi) is 8.53. The first kappa shape index (κ1) is 24.8. The summed E-state index contributed by atoms with van der Waals surface area (Å²) in [5, 5.41) is 13.8. The van der Waals surface area contributed by atoms with Gasteiger partial charge in [-0.25, -0.2) is 17.9 Å². The molecule has 0 saturated carbocycles. The number of rotatable bonds is 7. The summed E-state index contributed by atoms with van der Waals surface area (Å²) in [7, 11) is -3.23. The largest absolute Gasteiger partial charge is 0.490 e. The minimum absolute atomic E-state index is 0.315. The maximum Gasteiger partial charge on any atom is 0.490 e. The number of carbonyl (C=O) groups is 1. The molecule has 2 heterocycles. The number of aliphatic carboxylic acids is 1. The zero-order chi connectivity index (χ0) is 23.1. The molecule has 0 radical (unpaired) electrons. The second-order valence-corrected chi connectivity index (χ2v) is 8.72. The molecule has 0 aliphatic carbocycles. The molecule has 31 heavy (non-hydrogen) atoms. The van der Waals surface area contributed by atoms with Crippen LogP contribution in [0.1, 0.15) is 24.7 Å². The first-order valence-electron chi connectivity index (χ1n) is 9.44. The predicted molar refractivity (Wildman–Crippen MR) is 105 cm³/mol. The number of sulfonamides is 1. The normalized spacial score (nSPS) is 16.6. The van der Waals surface area contributed by atoms with Gasteiger partial charge in [0.05, 0.1) is 5.25 Å². The van der Waals surface area contributed by atoms with Crippen molar-refractivity contribution in [3.8, 4) is 11.5 Å². The number of nitrogens with one attached hydrogen (secondary N) is 2. The molecule has 1 aliphatic heterocycles. The van der Waals surface area contributed by atoms with Crippen LogP contribution in [0.2, 0.25) is 0 Å². The Bertz CT molecular complexity index is 955. The third-order valence-corrected chi connectivity index (χ3v) is 6.29. The van der Waals surface area contributed by atoms with Crippen LogP contribution in [0, 0.1) is 0 Å². The summed E-state index contributed by atoms with van der Waals surface area (Å²) in [6.45, 7) is 3.68. The number of aryl methyl sites for hydroxylation is 1. The van der Waals surface area contributed by atoms with E-state index >= 15 is 0 Å². The SMILES string of the molecule is CCc1noc(-c2ccc(CCNS(=O)(=O)C3CCNC3)cc2)n1.O=C(O)C(F)(F)F. The average molecular weight is 464 g/mol. The van der Waals surface area contributed by atoms with E-state index in [-0.39, 0.29) is 5.25 Å². The van der Waals surface area contributed by atoms with Crippen molar-refractivity contribution in [2.24, 2.45) is 0 Å². The van der Waals surface area contributed by atoms with E-state index < -0.39 is 22.2 Å². The molecular formula is C18H23F3N4O5S. The molecule has 1 aromatic carbocycles. The Balaban J connectivity index is 0.000000423. The molecule has 172 valence electrons. The average Bonchev–Trinajstić information content (AvgIpc) is 3.40. The van der Waals surface area contributed by atoms with Gasteiger partial charge in [-0.1, -0.05) is 24.2 Å². The van der Waals surface area contributed by atoms with Gasteiger partial charge in [0.15, 0.2) is 5.82 Å². The molecule has 1 fully saturated rings. The fourth-order valence-electron chi connectivity index (χ4n) is 2.68. The predicted octanol–water partition coefficient (Wildman–Crippen LogP) is 1.76. The number of nitrogens with zero attached hydrogens (tertiary/aromatic N) is 2. The highest BCUT2D eigenvalue weighted by molar-refractivity contribution is 7.90. The lowest BCUT2D eigenvalue weighted by Crippen LogP contribution is -2.36. The third kappa shape index (κ3) is 7.60. The minimum Gasteiger partial charge on any atom is -0.475 e.